The normalized spacial score (nSPS) is 17.9. The van der Waals surface area contributed by atoms with Crippen LogP contribution in [0.1, 0.15) is 39.0 Å². The van der Waals surface area contributed by atoms with Crippen LogP contribution >= 0.6 is 12.4 Å². The molecule has 108 valence electrons. The van der Waals surface area contributed by atoms with Crippen LogP contribution in [0.5, 0.6) is 0 Å². The average Bonchev–Trinajstić information content (AvgIpc) is 2.36. The Hall–Kier alpha value is -0.320. The van der Waals surface area contributed by atoms with Gasteiger partial charge in [0.25, 0.3) is 0 Å². The van der Waals surface area contributed by atoms with Gasteiger partial charge in [0.15, 0.2) is 0 Å². The number of nitrogens with two attached hydrogens (primary N) is 1. The molecule has 0 spiro atoms. The van der Waals surface area contributed by atoms with Gasteiger partial charge in [0, 0.05) is 26.8 Å². The highest BCUT2D eigenvalue weighted by molar-refractivity contribution is 5.85. The smallest absolute Gasteiger partial charge is 0.239 e. The summed E-state index contributed by atoms with van der Waals surface area (Å²) in [6, 6.07) is -0.320. The summed E-state index contributed by atoms with van der Waals surface area (Å²) in [4.78, 5) is 13.8. The summed E-state index contributed by atoms with van der Waals surface area (Å²) in [5, 5.41) is 0. The van der Waals surface area contributed by atoms with Crippen LogP contribution in [0.15, 0.2) is 0 Å². The topological polar surface area (TPSA) is 55.6 Å². The van der Waals surface area contributed by atoms with Gasteiger partial charge >= 0.3 is 0 Å². The fourth-order valence-electron chi connectivity index (χ4n) is 2.24. The van der Waals surface area contributed by atoms with Gasteiger partial charge in [-0.05, 0) is 25.2 Å². The van der Waals surface area contributed by atoms with E-state index >= 15 is 0 Å². The van der Waals surface area contributed by atoms with E-state index in [9.17, 15) is 4.79 Å². The summed E-state index contributed by atoms with van der Waals surface area (Å²) in [7, 11) is 1.86. The molecular formula is C13H27ClN2O2. The van der Waals surface area contributed by atoms with Gasteiger partial charge in [-0.1, -0.05) is 19.8 Å². The maximum atomic E-state index is 12.0. The quantitative estimate of drug-likeness (QED) is 0.806. The lowest BCUT2D eigenvalue weighted by atomic mass is 9.99. The van der Waals surface area contributed by atoms with Crippen LogP contribution < -0.4 is 5.73 Å². The number of likely N-dealkylation sites (N-methyl/N-ethyl adjacent to an activating group) is 1. The van der Waals surface area contributed by atoms with Crippen molar-refractivity contribution in [1.82, 2.24) is 4.90 Å². The van der Waals surface area contributed by atoms with Crippen molar-refractivity contribution in [2.75, 3.05) is 26.8 Å². The molecule has 1 rings (SSSR count). The van der Waals surface area contributed by atoms with Gasteiger partial charge in [-0.2, -0.15) is 0 Å². The first-order chi connectivity index (χ1) is 8.15. The van der Waals surface area contributed by atoms with Gasteiger partial charge < -0.3 is 15.4 Å². The van der Waals surface area contributed by atoms with Crippen LogP contribution in [0.2, 0.25) is 0 Å². The molecule has 0 aromatic heterocycles. The highest BCUT2D eigenvalue weighted by Gasteiger charge is 2.21. The lowest BCUT2D eigenvalue weighted by Gasteiger charge is -2.28. The summed E-state index contributed by atoms with van der Waals surface area (Å²) in [5.74, 6) is 0.668. The van der Waals surface area contributed by atoms with Crippen LogP contribution in [0.4, 0.5) is 0 Å². The van der Waals surface area contributed by atoms with Crippen molar-refractivity contribution in [2.45, 2.75) is 45.1 Å². The third-order valence-electron chi connectivity index (χ3n) is 3.44. The van der Waals surface area contributed by atoms with Crippen LogP contribution in [0.3, 0.4) is 0 Å². The standard InChI is InChI=1S/C13H26N2O2.ClH/c1-3-4-5-12(14)13(16)15(2)10-11-6-8-17-9-7-11;/h11-12H,3-10,14H2,1-2H3;1H. The first-order valence-corrected chi connectivity index (χ1v) is 6.73. The van der Waals surface area contributed by atoms with Gasteiger partial charge in [-0.25, -0.2) is 0 Å². The summed E-state index contributed by atoms with van der Waals surface area (Å²) in [6.07, 6.45) is 5.03. The number of amides is 1. The fourth-order valence-corrected chi connectivity index (χ4v) is 2.24. The van der Waals surface area contributed by atoms with Gasteiger partial charge in [-0.3, -0.25) is 4.79 Å². The van der Waals surface area contributed by atoms with Crippen molar-refractivity contribution in [3.8, 4) is 0 Å². The first-order valence-electron chi connectivity index (χ1n) is 6.73. The third-order valence-corrected chi connectivity index (χ3v) is 3.44. The Morgan fingerprint density at radius 1 is 1.44 bits per heavy atom. The predicted octanol–water partition coefficient (Wildman–Crippen LogP) is 1.81. The van der Waals surface area contributed by atoms with E-state index in [1.807, 2.05) is 7.05 Å². The zero-order chi connectivity index (χ0) is 12.7. The number of carbonyl (C=O) groups is 1. The molecule has 0 aromatic rings. The molecule has 1 heterocycles. The molecule has 1 aliphatic rings. The molecule has 1 atom stereocenters. The molecule has 5 heteroatoms. The van der Waals surface area contributed by atoms with Crippen LogP contribution in [0.25, 0.3) is 0 Å². The van der Waals surface area contributed by atoms with Crippen LogP contribution in [-0.2, 0) is 9.53 Å². The number of rotatable bonds is 6. The van der Waals surface area contributed by atoms with E-state index in [-0.39, 0.29) is 24.4 Å². The van der Waals surface area contributed by atoms with Crippen LogP contribution in [0, 0.1) is 5.92 Å². The third kappa shape index (κ3) is 6.03. The molecule has 0 aromatic carbocycles. The molecule has 2 N–H and O–H groups in total. The second-order valence-corrected chi connectivity index (χ2v) is 5.02. The molecule has 1 fully saturated rings. The molecule has 1 saturated heterocycles. The van der Waals surface area contributed by atoms with Crippen molar-refractivity contribution in [3.63, 3.8) is 0 Å². The summed E-state index contributed by atoms with van der Waals surface area (Å²) >= 11 is 0. The van der Waals surface area contributed by atoms with Crippen molar-refractivity contribution in [1.29, 1.82) is 0 Å². The summed E-state index contributed by atoms with van der Waals surface area (Å²) in [5.41, 5.74) is 5.89. The van der Waals surface area contributed by atoms with E-state index in [1.54, 1.807) is 4.90 Å². The minimum Gasteiger partial charge on any atom is -0.381 e. The number of carbonyl (C=O) groups excluding carboxylic acids is 1. The number of ether oxygens (including phenoxy) is 1. The molecule has 0 saturated carbocycles. The summed E-state index contributed by atoms with van der Waals surface area (Å²) < 4.78 is 5.31. The zero-order valence-electron chi connectivity index (χ0n) is 11.6. The van der Waals surface area contributed by atoms with E-state index in [0.29, 0.717) is 5.92 Å². The Kier molecular flexibility index (Phi) is 9.42. The SMILES string of the molecule is CCCCC(N)C(=O)N(C)CC1CCOCC1.Cl. The van der Waals surface area contributed by atoms with E-state index in [2.05, 4.69) is 6.92 Å². The van der Waals surface area contributed by atoms with E-state index < -0.39 is 0 Å². The van der Waals surface area contributed by atoms with Gasteiger partial charge in [0.1, 0.15) is 0 Å². The fraction of sp³-hybridized carbons (Fsp3) is 0.923. The maximum absolute atomic E-state index is 12.0. The largest absolute Gasteiger partial charge is 0.381 e. The number of nitrogens with zero attached hydrogens (tertiary/aromatic N) is 1. The van der Waals surface area contributed by atoms with Crippen molar-refractivity contribution >= 4 is 18.3 Å². The number of hydrogen-bond donors (Lipinski definition) is 1. The van der Waals surface area contributed by atoms with Gasteiger partial charge in [0.05, 0.1) is 6.04 Å². The highest BCUT2D eigenvalue weighted by Crippen LogP contribution is 2.16. The number of unbranched alkanes of at least 4 members (excludes halogenated alkanes) is 1. The molecule has 0 bridgehead atoms. The second-order valence-electron chi connectivity index (χ2n) is 5.02. The van der Waals surface area contributed by atoms with Crippen molar-refractivity contribution < 1.29 is 9.53 Å². The number of hydrogen-bond acceptors (Lipinski definition) is 3. The van der Waals surface area contributed by atoms with Gasteiger partial charge in [0.2, 0.25) is 5.91 Å². The second kappa shape index (κ2) is 9.59. The zero-order valence-corrected chi connectivity index (χ0v) is 12.4. The van der Waals surface area contributed by atoms with Crippen molar-refractivity contribution in [2.24, 2.45) is 11.7 Å². The Labute approximate surface area is 117 Å². The first kappa shape index (κ1) is 17.7. The molecule has 4 nitrogen and oxygen atoms in total. The predicted molar refractivity (Wildman–Crippen MR) is 75.9 cm³/mol. The van der Waals surface area contributed by atoms with Crippen LogP contribution in [-0.4, -0.2) is 43.7 Å². The Balaban J connectivity index is 0.00000289. The van der Waals surface area contributed by atoms with E-state index in [0.717, 1.165) is 51.9 Å². The van der Waals surface area contributed by atoms with E-state index in [4.69, 9.17) is 10.5 Å². The van der Waals surface area contributed by atoms with Gasteiger partial charge in [-0.15, -0.1) is 12.4 Å². The summed E-state index contributed by atoms with van der Waals surface area (Å²) in [6.45, 7) is 4.59. The molecule has 1 amide bonds. The molecule has 1 aliphatic heterocycles. The molecular weight excluding hydrogens is 252 g/mol. The minimum absolute atomic E-state index is 0. The molecule has 0 aliphatic carbocycles. The number of halogens is 1. The Bertz CT molecular complexity index is 233. The lowest BCUT2D eigenvalue weighted by molar-refractivity contribution is -0.132. The maximum Gasteiger partial charge on any atom is 0.239 e. The molecule has 18 heavy (non-hydrogen) atoms. The Morgan fingerprint density at radius 3 is 2.61 bits per heavy atom. The Morgan fingerprint density at radius 2 is 2.06 bits per heavy atom. The highest BCUT2D eigenvalue weighted by atomic mass is 35.5. The molecule has 0 radical (unpaired) electrons. The average molecular weight is 279 g/mol. The van der Waals surface area contributed by atoms with Crippen molar-refractivity contribution in [3.05, 3.63) is 0 Å². The van der Waals surface area contributed by atoms with E-state index in [1.165, 1.54) is 0 Å². The molecule has 1 unspecified atom stereocenters. The minimum atomic E-state index is -0.320. The lowest BCUT2D eigenvalue weighted by Crippen LogP contribution is -2.44. The monoisotopic (exact) mass is 278 g/mol.